The third-order valence-electron chi connectivity index (χ3n) is 3.21. The molecule has 5 nitrogen and oxygen atoms in total. The van der Waals surface area contributed by atoms with E-state index in [9.17, 15) is 8.42 Å². The second kappa shape index (κ2) is 7.61. The van der Waals surface area contributed by atoms with Crippen molar-refractivity contribution in [2.45, 2.75) is 32.6 Å². The summed E-state index contributed by atoms with van der Waals surface area (Å²) in [5.74, 6) is -0.0811. The average molecular weight is 299 g/mol. The number of benzene rings is 1. The number of rotatable bonds is 8. The molecule has 0 aliphatic heterocycles. The number of para-hydroxylation sites is 1. The maximum absolute atomic E-state index is 12.1. The molecule has 1 atom stereocenters. The van der Waals surface area contributed by atoms with Crippen LogP contribution < -0.4 is 10.5 Å². The normalized spacial score (nSPS) is 13.6. The third kappa shape index (κ3) is 5.48. The number of anilines is 1. The predicted molar refractivity (Wildman–Crippen MR) is 83.9 cm³/mol. The summed E-state index contributed by atoms with van der Waals surface area (Å²) in [6.07, 6.45) is 0. The van der Waals surface area contributed by atoms with Crippen LogP contribution in [0.25, 0.3) is 0 Å². The minimum atomic E-state index is -3.38. The van der Waals surface area contributed by atoms with Crippen molar-refractivity contribution in [1.82, 2.24) is 9.62 Å². The molecule has 6 heteroatoms. The van der Waals surface area contributed by atoms with Crippen molar-refractivity contribution in [3.8, 4) is 0 Å². The minimum Gasteiger partial charge on any atom is -0.398 e. The van der Waals surface area contributed by atoms with Crippen LogP contribution in [0.15, 0.2) is 24.3 Å². The Bertz CT molecular complexity index is 513. The SMILES string of the molecule is CCN(CC)CC(C)NS(=O)(=O)Cc1ccccc1N. The molecule has 0 spiro atoms. The summed E-state index contributed by atoms with van der Waals surface area (Å²) in [7, 11) is -3.38. The van der Waals surface area contributed by atoms with E-state index in [1.54, 1.807) is 24.3 Å². The lowest BCUT2D eigenvalue weighted by Gasteiger charge is -2.23. The van der Waals surface area contributed by atoms with E-state index >= 15 is 0 Å². The summed E-state index contributed by atoms with van der Waals surface area (Å²) < 4.78 is 27.0. The monoisotopic (exact) mass is 299 g/mol. The van der Waals surface area contributed by atoms with E-state index in [1.807, 2.05) is 6.92 Å². The smallest absolute Gasteiger partial charge is 0.216 e. The number of nitrogens with one attached hydrogen (secondary N) is 1. The quantitative estimate of drug-likeness (QED) is 0.712. The topological polar surface area (TPSA) is 75.4 Å². The van der Waals surface area contributed by atoms with Gasteiger partial charge in [-0.3, -0.25) is 0 Å². The van der Waals surface area contributed by atoms with Crippen LogP contribution in [0.2, 0.25) is 0 Å². The number of hydrogen-bond donors (Lipinski definition) is 2. The number of nitrogen functional groups attached to an aromatic ring is 1. The van der Waals surface area contributed by atoms with Crippen LogP contribution in [0, 0.1) is 0 Å². The molecule has 0 amide bonds. The Hall–Kier alpha value is -1.11. The van der Waals surface area contributed by atoms with E-state index in [-0.39, 0.29) is 11.8 Å². The van der Waals surface area contributed by atoms with Gasteiger partial charge >= 0.3 is 0 Å². The molecule has 1 unspecified atom stereocenters. The first-order chi connectivity index (χ1) is 9.38. The first-order valence-corrected chi connectivity index (χ1v) is 8.59. The Morgan fingerprint density at radius 1 is 1.25 bits per heavy atom. The van der Waals surface area contributed by atoms with Crippen molar-refractivity contribution in [3.05, 3.63) is 29.8 Å². The molecule has 0 heterocycles. The van der Waals surface area contributed by atoms with E-state index in [0.29, 0.717) is 17.8 Å². The Morgan fingerprint density at radius 2 is 1.85 bits per heavy atom. The Labute approximate surface area is 122 Å². The standard InChI is InChI=1S/C14H25N3O2S/c1-4-17(5-2)10-12(3)16-20(18,19)11-13-8-6-7-9-14(13)15/h6-9,12,16H,4-5,10-11,15H2,1-3H3. The van der Waals surface area contributed by atoms with Gasteiger partial charge in [0.1, 0.15) is 0 Å². The molecule has 1 rings (SSSR count). The van der Waals surface area contributed by atoms with Crippen molar-refractivity contribution in [2.24, 2.45) is 0 Å². The lowest BCUT2D eigenvalue weighted by molar-refractivity contribution is 0.282. The second-order valence-electron chi connectivity index (χ2n) is 4.96. The molecule has 0 aliphatic rings. The van der Waals surface area contributed by atoms with Gasteiger partial charge in [0.25, 0.3) is 0 Å². The Morgan fingerprint density at radius 3 is 2.40 bits per heavy atom. The summed E-state index contributed by atoms with van der Waals surface area (Å²) in [5.41, 5.74) is 6.92. The molecule has 0 aliphatic carbocycles. The second-order valence-corrected chi connectivity index (χ2v) is 6.72. The lowest BCUT2D eigenvalue weighted by Crippen LogP contribution is -2.42. The molecule has 1 aromatic carbocycles. The fraction of sp³-hybridized carbons (Fsp3) is 0.571. The predicted octanol–water partition coefficient (Wildman–Crippen LogP) is 1.42. The maximum Gasteiger partial charge on any atom is 0.216 e. The molecule has 1 aromatic rings. The first kappa shape index (κ1) is 16.9. The number of likely N-dealkylation sites (N-methyl/N-ethyl adjacent to an activating group) is 1. The van der Waals surface area contributed by atoms with Gasteiger partial charge in [-0.15, -0.1) is 0 Å². The highest BCUT2D eigenvalue weighted by molar-refractivity contribution is 7.88. The van der Waals surface area contributed by atoms with Crippen molar-refractivity contribution in [2.75, 3.05) is 25.4 Å². The van der Waals surface area contributed by atoms with E-state index < -0.39 is 10.0 Å². The van der Waals surface area contributed by atoms with Gasteiger partial charge in [-0.05, 0) is 31.6 Å². The summed E-state index contributed by atoms with van der Waals surface area (Å²) in [6.45, 7) is 8.54. The third-order valence-corrected chi connectivity index (χ3v) is 4.66. The van der Waals surface area contributed by atoms with Crippen LogP contribution in [0.5, 0.6) is 0 Å². The summed E-state index contributed by atoms with van der Waals surface area (Å²) in [6, 6.07) is 6.92. The summed E-state index contributed by atoms with van der Waals surface area (Å²) in [5, 5.41) is 0. The zero-order chi connectivity index (χ0) is 15.2. The molecule has 20 heavy (non-hydrogen) atoms. The fourth-order valence-corrected chi connectivity index (χ4v) is 3.57. The zero-order valence-corrected chi connectivity index (χ0v) is 13.3. The van der Waals surface area contributed by atoms with E-state index in [0.717, 1.165) is 13.1 Å². The van der Waals surface area contributed by atoms with Gasteiger partial charge in [0.05, 0.1) is 5.75 Å². The minimum absolute atomic E-state index is 0.0811. The summed E-state index contributed by atoms with van der Waals surface area (Å²) in [4.78, 5) is 2.18. The van der Waals surface area contributed by atoms with Crippen molar-refractivity contribution < 1.29 is 8.42 Å². The van der Waals surface area contributed by atoms with Gasteiger partial charge in [-0.2, -0.15) is 0 Å². The van der Waals surface area contributed by atoms with Gasteiger partial charge in [0, 0.05) is 18.3 Å². The van der Waals surface area contributed by atoms with Crippen LogP contribution in [-0.2, 0) is 15.8 Å². The molecule has 0 saturated heterocycles. The van der Waals surface area contributed by atoms with E-state index in [2.05, 4.69) is 23.5 Å². The molecular formula is C14H25N3O2S. The molecule has 0 fully saturated rings. The van der Waals surface area contributed by atoms with Crippen LogP contribution in [0.3, 0.4) is 0 Å². The van der Waals surface area contributed by atoms with Crippen molar-refractivity contribution in [3.63, 3.8) is 0 Å². The molecule has 3 N–H and O–H groups in total. The number of nitrogens with two attached hydrogens (primary N) is 1. The van der Waals surface area contributed by atoms with E-state index in [4.69, 9.17) is 5.73 Å². The fourth-order valence-electron chi connectivity index (χ4n) is 2.12. The number of nitrogens with zero attached hydrogens (tertiary/aromatic N) is 1. The van der Waals surface area contributed by atoms with Crippen LogP contribution in [0.1, 0.15) is 26.3 Å². The lowest BCUT2D eigenvalue weighted by atomic mass is 10.2. The van der Waals surface area contributed by atoms with Gasteiger partial charge in [0.15, 0.2) is 0 Å². The zero-order valence-electron chi connectivity index (χ0n) is 12.5. The van der Waals surface area contributed by atoms with Gasteiger partial charge in [-0.25, -0.2) is 13.1 Å². The van der Waals surface area contributed by atoms with Crippen LogP contribution in [-0.4, -0.2) is 39.0 Å². The Balaban J connectivity index is 2.64. The average Bonchev–Trinajstić information content (AvgIpc) is 2.37. The van der Waals surface area contributed by atoms with Crippen LogP contribution >= 0.6 is 0 Å². The van der Waals surface area contributed by atoms with Gasteiger partial charge < -0.3 is 10.6 Å². The number of sulfonamides is 1. The number of hydrogen-bond acceptors (Lipinski definition) is 4. The summed E-state index contributed by atoms with van der Waals surface area (Å²) >= 11 is 0. The first-order valence-electron chi connectivity index (χ1n) is 6.93. The largest absolute Gasteiger partial charge is 0.398 e. The molecule has 0 bridgehead atoms. The van der Waals surface area contributed by atoms with Crippen molar-refractivity contribution >= 4 is 15.7 Å². The molecule has 114 valence electrons. The highest BCUT2D eigenvalue weighted by Crippen LogP contribution is 2.13. The highest BCUT2D eigenvalue weighted by atomic mass is 32.2. The van der Waals surface area contributed by atoms with Crippen LogP contribution in [0.4, 0.5) is 5.69 Å². The molecule has 0 aromatic heterocycles. The van der Waals surface area contributed by atoms with Crippen molar-refractivity contribution in [1.29, 1.82) is 0 Å². The van der Waals surface area contributed by atoms with Gasteiger partial charge in [-0.1, -0.05) is 32.0 Å². The Kier molecular flexibility index (Phi) is 6.45. The molecule has 0 saturated carbocycles. The van der Waals surface area contributed by atoms with E-state index in [1.165, 1.54) is 0 Å². The van der Waals surface area contributed by atoms with Gasteiger partial charge in [0.2, 0.25) is 10.0 Å². The molecular weight excluding hydrogens is 274 g/mol. The molecule has 0 radical (unpaired) electrons. The highest BCUT2D eigenvalue weighted by Gasteiger charge is 2.17. The maximum atomic E-state index is 12.1.